The van der Waals surface area contributed by atoms with Crippen LogP contribution in [0.4, 0.5) is 4.79 Å². The fourth-order valence-electron chi connectivity index (χ4n) is 7.30. The minimum absolute atomic E-state index is 0.0314. The molecule has 3 aliphatic rings. The first-order chi connectivity index (χ1) is 34.7. The van der Waals surface area contributed by atoms with E-state index in [1.165, 1.54) is 0 Å². The van der Waals surface area contributed by atoms with Gasteiger partial charge >= 0.3 is 12.0 Å². The quantitative estimate of drug-likeness (QED) is 0.0469. The summed E-state index contributed by atoms with van der Waals surface area (Å²) in [5.74, 6) is -0.0344. The van der Waals surface area contributed by atoms with Crippen LogP contribution in [-0.2, 0) is 73.1 Å². The van der Waals surface area contributed by atoms with Crippen LogP contribution in [0.15, 0.2) is 24.3 Å². The molecule has 5 rings (SSSR count). The molecule has 1 aromatic heterocycles. The van der Waals surface area contributed by atoms with E-state index >= 15 is 0 Å². The van der Waals surface area contributed by atoms with Gasteiger partial charge in [-0.25, -0.2) is 9.59 Å². The zero-order valence-electron chi connectivity index (χ0n) is 40.6. The smallest absolute Gasteiger partial charge is 0.335 e. The van der Waals surface area contributed by atoms with Crippen LogP contribution >= 0.6 is 11.8 Å². The van der Waals surface area contributed by atoms with Crippen LogP contribution in [0.3, 0.4) is 0 Å². The third-order valence-corrected chi connectivity index (χ3v) is 12.5. The Kier molecular flexibility index (Phi) is 27.0. The number of hydrogen-bond donors (Lipinski definition) is 3. The average molecular weight is 1020 g/mol. The summed E-state index contributed by atoms with van der Waals surface area (Å²) in [4.78, 5) is 78.8. The molecular formula is C46H69N9O15S. The van der Waals surface area contributed by atoms with Crippen molar-refractivity contribution in [1.29, 1.82) is 0 Å². The summed E-state index contributed by atoms with van der Waals surface area (Å²) in [7, 11) is 0. The molecule has 0 spiro atoms. The number of nitrogens with one attached hydrogen (secondary N) is 3. The molecule has 0 aliphatic carbocycles. The van der Waals surface area contributed by atoms with Crippen LogP contribution in [0.2, 0.25) is 0 Å². The molecule has 3 saturated heterocycles. The molecule has 0 bridgehead atoms. The van der Waals surface area contributed by atoms with E-state index < -0.39 is 17.8 Å². The van der Waals surface area contributed by atoms with Crippen molar-refractivity contribution in [2.24, 2.45) is 0 Å². The predicted molar refractivity (Wildman–Crippen MR) is 253 cm³/mol. The summed E-state index contributed by atoms with van der Waals surface area (Å²) < 4.78 is 44.7. The molecule has 3 N–H and O–H groups in total. The average Bonchev–Trinajstić information content (AvgIpc) is 4.03. The van der Waals surface area contributed by atoms with Crippen LogP contribution in [0, 0.1) is 6.92 Å². The zero-order valence-corrected chi connectivity index (χ0v) is 41.4. The van der Waals surface area contributed by atoms with Gasteiger partial charge in [-0.15, -0.1) is 25.5 Å². The first-order valence-electron chi connectivity index (χ1n) is 24.2. The molecule has 0 unspecified atom stereocenters. The van der Waals surface area contributed by atoms with Crippen LogP contribution in [0.5, 0.6) is 0 Å². The van der Waals surface area contributed by atoms with Gasteiger partial charge in [0.15, 0.2) is 5.82 Å². The molecule has 1 aromatic carbocycles. The molecule has 6 amide bonds. The maximum atomic E-state index is 13.3. The molecule has 0 radical (unpaired) electrons. The number of aryl methyl sites for hydroxylation is 1. The van der Waals surface area contributed by atoms with Crippen molar-refractivity contribution in [2.75, 3.05) is 131 Å². The first kappa shape index (κ1) is 56.9. The fraction of sp³-hybridized carbons (Fsp3) is 0.696. The van der Waals surface area contributed by atoms with Crippen molar-refractivity contribution < 1.29 is 71.5 Å². The molecule has 71 heavy (non-hydrogen) atoms. The highest BCUT2D eigenvalue weighted by molar-refractivity contribution is 8.00. The van der Waals surface area contributed by atoms with Crippen molar-refractivity contribution in [3.8, 4) is 11.4 Å². The SMILES string of the molecule is Cc1nnc(-c2ccc(CC(=O)NCCOCCOCCOCCOCCN(CCOCCOCCOCCOCCC(=O)ON3C(=O)CCC3=O)C(=O)CCCC[C@H]3SC[C@H]4NC(=O)N[C@H]43)cc2)nn1. The maximum absolute atomic E-state index is 13.3. The highest BCUT2D eigenvalue weighted by Crippen LogP contribution is 2.33. The Balaban J connectivity index is 0.830. The molecule has 2 aromatic rings. The van der Waals surface area contributed by atoms with Gasteiger partial charge in [-0.1, -0.05) is 30.7 Å². The van der Waals surface area contributed by atoms with Gasteiger partial charge in [0.1, 0.15) is 0 Å². The Morgan fingerprint density at radius 2 is 1.21 bits per heavy atom. The Labute approximate surface area is 417 Å². The molecule has 3 atom stereocenters. The van der Waals surface area contributed by atoms with Gasteiger partial charge in [-0.2, -0.15) is 11.8 Å². The molecule has 394 valence electrons. The van der Waals surface area contributed by atoms with Gasteiger partial charge in [0.05, 0.1) is 131 Å². The minimum Gasteiger partial charge on any atom is -0.378 e. The van der Waals surface area contributed by atoms with E-state index in [1.54, 1.807) is 11.8 Å². The summed E-state index contributed by atoms with van der Waals surface area (Å²) in [6.45, 7) is 8.21. The maximum Gasteiger partial charge on any atom is 0.335 e. The highest BCUT2D eigenvalue weighted by atomic mass is 32.2. The van der Waals surface area contributed by atoms with Crippen molar-refractivity contribution in [2.45, 2.75) is 75.6 Å². The topological polar surface area (TPSA) is 280 Å². The number of amides is 6. The number of benzene rings is 1. The van der Waals surface area contributed by atoms with E-state index in [-0.39, 0.29) is 75.4 Å². The Bertz CT molecular complexity index is 1910. The Morgan fingerprint density at radius 1 is 0.676 bits per heavy atom. The summed E-state index contributed by atoms with van der Waals surface area (Å²) in [5.41, 5.74) is 1.63. The number of urea groups is 1. The number of hydrogen-bond acceptors (Lipinski definition) is 20. The summed E-state index contributed by atoms with van der Waals surface area (Å²) >= 11 is 1.87. The number of ether oxygens (including phenoxy) is 8. The van der Waals surface area contributed by atoms with E-state index in [2.05, 4.69) is 36.3 Å². The normalized spacial score (nSPS) is 17.3. The van der Waals surface area contributed by atoms with Crippen LogP contribution in [-0.4, -0.2) is 214 Å². The first-order valence-corrected chi connectivity index (χ1v) is 25.3. The molecule has 24 nitrogen and oxygen atoms in total. The monoisotopic (exact) mass is 1020 g/mol. The zero-order chi connectivity index (χ0) is 50.3. The molecule has 3 aliphatic heterocycles. The van der Waals surface area contributed by atoms with Gasteiger partial charge in [0.2, 0.25) is 17.6 Å². The lowest BCUT2D eigenvalue weighted by atomic mass is 10.0. The second-order valence-corrected chi connectivity index (χ2v) is 17.7. The number of thioether (sulfide) groups is 1. The molecule has 3 fully saturated rings. The van der Waals surface area contributed by atoms with E-state index in [4.69, 9.17) is 42.7 Å². The molecular weight excluding hydrogens is 951 g/mol. The lowest BCUT2D eigenvalue weighted by Gasteiger charge is -2.23. The molecule has 4 heterocycles. The van der Waals surface area contributed by atoms with Gasteiger partial charge < -0.3 is 63.6 Å². The summed E-state index contributed by atoms with van der Waals surface area (Å²) in [6, 6.07) is 7.58. The van der Waals surface area contributed by atoms with Crippen LogP contribution in [0.25, 0.3) is 11.4 Å². The number of rotatable bonds is 39. The number of aromatic nitrogens is 4. The molecule has 0 saturated carbocycles. The van der Waals surface area contributed by atoms with E-state index in [1.807, 2.05) is 36.0 Å². The van der Waals surface area contributed by atoms with E-state index in [9.17, 15) is 28.8 Å². The van der Waals surface area contributed by atoms with E-state index in [0.717, 1.165) is 36.1 Å². The second-order valence-electron chi connectivity index (χ2n) is 16.4. The van der Waals surface area contributed by atoms with Gasteiger partial charge in [0, 0.05) is 55.5 Å². The number of carbonyl (C=O) groups is 6. The van der Waals surface area contributed by atoms with Crippen LogP contribution in [0.1, 0.15) is 56.3 Å². The number of nitrogens with zero attached hydrogens (tertiary/aromatic N) is 6. The van der Waals surface area contributed by atoms with E-state index in [0.29, 0.717) is 134 Å². The Morgan fingerprint density at radius 3 is 1.79 bits per heavy atom. The van der Waals surface area contributed by atoms with Crippen molar-refractivity contribution in [3.05, 3.63) is 35.7 Å². The third-order valence-electron chi connectivity index (χ3n) is 11.0. The van der Waals surface area contributed by atoms with Crippen molar-refractivity contribution in [1.82, 2.24) is 46.3 Å². The van der Waals surface area contributed by atoms with Gasteiger partial charge in [-0.3, -0.25) is 19.2 Å². The third kappa shape index (κ3) is 22.5. The van der Waals surface area contributed by atoms with Gasteiger partial charge in [-0.05, 0) is 25.3 Å². The number of carbonyl (C=O) groups excluding carboxylic acids is 6. The number of hydroxylamine groups is 2. The van der Waals surface area contributed by atoms with Crippen molar-refractivity contribution >= 4 is 47.4 Å². The minimum atomic E-state index is -0.722. The van der Waals surface area contributed by atoms with Gasteiger partial charge in [0.25, 0.3) is 11.8 Å². The highest BCUT2D eigenvalue weighted by Gasteiger charge is 2.42. The Hall–Kier alpha value is -4.99. The standard InChI is InChI=1S/C46H69N9O15S/c1-34-50-52-45(53-51-34)36-8-6-35(7-9-36)32-39(56)47-13-17-63-21-25-67-29-31-69-27-23-65-19-15-54(40(57)5-3-2-4-38-44-37(33-71-38)48-46(61)49-44)14-18-64-22-26-68-30-28-66-24-20-62-16-12-43(60)70-55-41(58)10-11-42(55)59/h6-9,37-38,44H,2-5,10-33H2,1H3,(H,47,56)(H2,48,49,61)/t37-,38-,44-/m1/s1. The second kappa shape index (κ2) is 33.6. The number of imide groups is 1. The molecule has 25 heteroatoms. The lowest BCUT2D eigenvalue weighted by molar-refractivity contribution is -0.198. The van der Waals surface area contributed by atoms with Crippen LogP contribution < -0.4 is 16.0 Å². The predicted octanol–water partition coefficient (Wildman–Crippen LogP) is 0.585. The van der Waals surface area contributed by atoms with Crippen molar-refractivity contribution in [3.63, 3.8) is 0 Å². The number of unbranched alkanes of at least 4 members (excludes halogenated alkanes) is 1. The largest absolute Gasteiger partial charge is 0.378 e. The fourth-order valence-corrected chi connectivity index (χ4v) is 8.84. The number of fused-ring (bicyclic) bond motifs is 1. The summed E-state index contributed by atoms with van der Waals surface area (Å²) in [6.07, 6.45) is 3.18. The lowest BCUT2D eigenvalue weighted by Crippen LogP contribution is -2.37. The summed E-state index contributed by atoms with van der Waals surface area (Å²) in [5, 5.41) is 25.6.